The van der Waals surface area contributed by atoms with Gasteiger partial charge in [-0.05, 0) is 33.6 Å². The molecule has 1 N–H and O–H groups in total. The van der Waals surface area contributed by atoms with E-state index in [0.29, 0.717) is 6.42 Å². The minimum Gasteiger partial charge on any atom is -0.363 e. The summed E-state index contributed by atoms with van der Waals surface area (Å²) in [5.74, 6) is -1.17. The maximum Gasteiger partial charge on any atom is 0.196 e. The van der Waals surface area contributed by atoms with Crippen LogP contribution in [0.3, 0.4) is 0 Å². The van der Waals surface area contributed by atoms with Crippen molar-refractivity contribution < 1.29 is 14.9 Å². The molecule has 1 unspecified atom stereocenters. The number of hydrogen-bond acceptors (Lipinski definition) is 3. The van der Waals surface area contributed by atoms with Crippen molar-refractivity contribution in [3.05, 3.63) is 0 Å². The van der Waals surface area contributed by atoms with Crippen LogP contribution in [0.25, 0.3) is 0 Å². The largest absolute Gasteiger partial charge is 0.363 e. The molecule has 0 spiro atoms. The van der Waals surface area contributed by atoms with E-state index in [-0.39, 0.29) is 5.60 Å². The average Bonchev–Trinajstić information content (AvgIpc) is 2.16. The second kappa shape index (κ2) is 6.46. The Bertz CT molecular complexity index is 164. The quantitative estimate of drug-likeness (QED) is 0.294. The molecular weight excluding hydrogens is 192 g/mol. The third kappa shape index (κ3) is 7.77. The monoisotopic (exact) mass is 218 g/mol. The molecule has 0 aliphatic rings. The SMILES string of the molecule is CCCCCC(C)(O)OOC(C)(C)CC. The van der Waals surface area contributed by atoms with E-state index >= 15 is 0 Å². The summed E-state index contributed by atoms with van der Waals surface area (Å²) in [6, 6.07) is 0. The van der Waals surface area contributed by atoms with E-state index in [2.05, 4.69) is 6.92 Å². The van der Waals surface area contributed by atoms with Crippen LogP contribution in [0.15, 0.2) is 0 Å². The fraction of sp³-hybridized carbons (Fsp3) is 1.00. The van der Waals surface area contributed by atoms with E-state index in [1.165, 1.54) is 0 Å². The molecule has 15 heavy (non-hydrogen) atoms. The molecule has 0 aliphatic heterocycles. The highest BCUT2D eigenvalue weighted by molar-refractivity contribution is 4.64. The first-order valence-corrected chi connectivity index (χ1v) is 5.92. The number of unbranched alkanes of at least 4 members (excludes halogenated alkanes) is 2. The number of aliphatic hydroxyl groups is 1. The Balaban J connectivity index is 3.82. The Hall–Kier alpha value is -0.120. The zero-order chi connectivity index (χ0) is 11.9. The predicted octanol–water partition coefficient (Wildman–Crippen LogP) is 3.41. The first kappa shape index (κ1) is 14.9. The van der Waals surface area contributed by atoms with Gasteiger partial charge in [-0.15, -0.1) is 0 Å². The highest BCUT2D eigenvalue weighted by Crippen LogP contribution is 2.21. The van der Waals surface area contributed by atoms with Gasteiger partial charge in [0, 0.05) is 6.42 Å². The van der Waals surface area contributed by atoms with Crippen LogP contribution >= 0.6 is 0 Å². The van der Waals surface area contributed by atoms with Gasteiger partial charge in [-0.3, -0.25) is 0 Å². The highest BCUT2D eigenvalue weighted by Gasteiger charge is 2.26. The topological polar surface area (TPSA) is 38.7 Å². The summed E-state index contributed by atoms with van der Waals surface area (Å²) in [6.45, 7) is 9.68. The van der Waals surface area contributed by atoms with Crippen LogP contribution < -0.4 is 0 Å². The molecule has 3 heteroatoms. The van der Waals surface area contributed by atoms with Gasteiger partial charge in [-0.2, -0.15) is 0 Å². The molecule has 0 aromatic heterocycles. The molecule has 0 heterocycles. The fourth-order valence-electron chi connectivity index (χ4n) is 1.01. The zero-order valence-electron chi connectivity index (χ0n) is 10.8. The van der Waals surface area contributed by atoms with Crippen LogP contribution in [-0.4, -0.2) is 16.5 Å². The van der Waals surface area contributed by atoms with Gasteiger partial charge in [0.1, 0.15) is 0 Å². The lowest BCUT2D eigenvalue weighted by Crippen LogP contribution is -2.34. The van der Waals surface area contributed by atoms with E-state index in [1.54, 1.807) is 6.92 Å². The molecule has 0 bridgehead atoms. The molecule has 0 rings (SSSR count). The summed E-state index contributed by atoms with van der Waals surface area (Å²) in [6.07, 6.45) is 4.66. The summed E-state index contributed by atoms with van der Waals surface area (Å²) in [5, 5.41) is 9.85. The van der Waals surface area contributed by atoms with Gasteiger partial charge in [0.25, 0.3) is 0 Å². The molecule has 0 aromatic carbocycles. The van der Waals surface area contributed by atoms with Crippen LogP contribution in [0.5, 0.6) is 0 Å². The van der Waals surface area contributed by atoms with E-state index in [9.17, 15) is 5.11 Å². The fourth-order valence-corrected chi connectivity index (χ4v) is 1.01. The van der Waals surface area contributed by atoms with Gasteiger partial charge in [0.05, 0.1) is 5.60 Å². The van der Waals surface area contributed by atoms with Crippen LogP contribution in [0.4, 0.5) is 0 Å². The van der Waals surface area contributed by atoms with Crippen LogP contribution in [0.2, 0.25) is 0 Å². The first-order valence-electron chi connectivity index (χ1n) is 5.92. The lowest BCUT2D eigenvalue weighted by molar-refractivity contribution is -0.451. The lowest BCUT2D eigenvalue weighted by Gasteiger charge is -2.28. The Labute approximate surface area is 93.7 Å². The summed E-state index contributed by atoms with van der Waals surface area (Å²) in [4.78, 5) is 10.3. The first-order chi connectivity index (χ1) is 6.83. The van der Waals surface area contributed by atoms with Crippen molar-refractivity contribution in [2.75, 3.05) is 0 Å². The molecule has 3 nitrogen and oxygen atoms in total. The minimum atomic E-state index is -1.17. The Kier molecular flexibility index (Phi) is 6.41. The molecule has 0 amide bonds. The Morgan fingerprint density at radius 1 is 1.00 bits per heavy atom. The maximum atomic E-state index is 9.85. The van der Waals surface area contributed by atoms with Crippen molar-refractivity contribution in [3.63, 3.8) is 0 Å². The van der Waals surface area contributed by atoms with Crippen molar-refractivity contribution in [1.29, 1.82) is 0 Å². The van der Waals surface area contributed by atoms with Gasteiger partial charge in [0.2, 0.25) is 0 Å². The standard InChI is InChI=1S/C12H26O3/c1-6-8-9-10-12(5,13)15-14-11(3,4)7-2/h13H,6-10H2,1-5H3. The zero-order valence-corrected chi connectivity index (χ0v) is 10.8. The molecular formula is C12H26O3. The van der Waals surface area contributed by atoms with E-state index in [4.69, 9.17) is 9.78 Å². The Morgan fingerprint density at radius 2 is 1.60 bits per heavy atom. The maximum absolute atomic E-state index is 9.85. The van der Waals surface area contributed by atoms with E-state index in [1.807, 2.05) is 20.8 Å². The van der Waals surface area contributed by atoms with Crippen molar-refractivity contribution in [2.24, 2.45) is 0 Å². The molecule has 0 saturated heterocycles. The van der Waals surface area contributed by atoms with Gasteiger partial charge < -0.3 is 5.11 Å². The third-order valence-electron chi connectivity index (χ3n) is 2.54. The molecule has 0 fully saturated rings. The van der Waals surface area contributed by atoms with Crippen molar-refractivity contribution >= 4 is 0 Å². The summed E-state index contributed by atoms with van der Waals surface area (Å²) in [7, 11) is 0. The van der Waals surface area contributed by atoms with Crippen molar-refractivity contribution in [1.82, 2.24) is 0 Å². The molecule has 0 aromatic rings. The van der Waals surface area contributed by atoms with Gasteiger partial charge in [-0.25, -0.2) is 9.78 Å². The lowest BCUT2D eigenvalue weighted by atomic mass is 10.1. The Morgan fingerprint density at radius 3 is 2.07 bits per heavy atom. The average molecular weight is 218 g/mol. The summed E-state index contributed by atoms with van der Waals surface area (Å²) in [5.41, 5.74) is -0.339. The second-order valence-electron chi connectivity index (χ2n) is 4.91. The van der Waals surface area contributed by atoms with E-state index < -0.39 is 5.79 Å². The van der Waals surface area contributed by atoms with Gasteiger partial charge >= 0.3 is 0 Å². The summed E-state index contributed by atoms with van der Waals surface area (Å²) < 4.78 is 0. The minimum absolute atomic E-state index is 0.339. The van der Waals surface area contributed by atoms with E-state index in [0.717, 1.165) is 25.7 Å². The van der Waals surface area contributed by atoms with Crippen molar-refractivity contribution in [3.8, 4) is 0 Å². The number of hydrogen-bond donors (Lipinski definition) is 1. The predicted molar refractivity (Wildman–Crippen MR) is 61.3 cm³/mol. The molecule has 0 radical (unpaired) electrons. The van der Waals surface area contributed by atoms with Crippen LogP contribution in [-0.2, 0) is 9.78 Å². The van der Waals surface area contributed by atoms with Gasteiger partial charge in [-0.1, -0.05) is 26.7 Å². The smallest absolute Gasteiger partial charge is 0.196 e. The molecule has 0 saturated carbocycles. The normalized spacial score (nSPS) is 16.4. The molecule has 0 aliphatic carbocycles. The second-order valence-corrected chi connectivity index (χ2v) is 4.91. The molecule has 1 atom stereocenters. The highest BCUT2D eigenvalue weighted by atomic mass is 17.2. The van der Waals surface area contributed by atoms with Gasteiger partial charge in [0.15, 0.2) is 5.79 Å². The summed E-state index contributed by atoms with van der Waals surface area (Å²) >= 11 is 0. The third-order valence-corrected chi connectivity index (χ3v) is 2.54. The number of rotatable bonds is 8. The van der Waals surface area contributed by atoms with Crippen LogP contribution in [0, 0.1) is 0 Å². The van der Waals surface area contributed by atoms with Crippen LogP contribution in [0.1, 0.15) is 66.7 Å². The molecule has 92 valence electrons. The van der Waals surface area contributed by atoms with Crippen molar-refractivity contribution in [2.45, 2.75) is 78.1 Å².